The van der Waals surface area contributed by atoms with Crippen molar-refractivity contribution in [3.05, 3.63) is 45.7 Å². The van der Waals surface area contributed by atoms with Crippen LogP contribution in [-0.4, -0.2) is 99.3 Å². The van der Waals surface area contributed by atoms with Crippen molar-refractivity contribution in [2.75, 3.05) is 34.3 Å². The second kappa shape index (κ2) is 10.7. The van der Waals surface area contributed by atoms with Crippen LogP contribution in [0, 0.1) is 11.8 Å². The number of ketones is 2. The van der Waals surface area contributed by atoms with Gasteiger partial charge in [0.05, 0.1) is 17.3 Å². The third-order valence-electron chi connectivity index (χ3n) is 7.99. The number of nitrogens with zero attached hydrogens (tertiary/aromatic N) is 3. The van der Waals surface area contributed by atoms with Gasteiger partial charge in [-0.15, -0.1) is 0 Å². The number of likely N-dealkylation sites (N-methyl/N-ethyl adjacent to an activating group) is 1. The summed E-state index contributed by atoms with van der Waals surface area (Å²) in [5.41, 5.74) is 3.97. The molecule has 0 heterocycles. The number of fused-ring (bicyclic) bond motifs is 3. The third-order valence-corrected chi connectivity index (χ3v) is 7.99. The van der Waals surface area contributed by atoms with E-state index in [4.69, 9.17) is 10.6 Å². The SMILES string of the molecule is CCO/N=C(\C)CN(C)Cc1ccc(O)c2c1CC1CC3[C@H](N(C)C)C(=O)C(C(N)=O)=C(O)[C@@]3(O)C(=O)C1=C2O. The number of hydrogen-bond donors (Lipinski definition) is 5. The van der Waals surface area contributed by atoms with Gasteiger partial charge in [0, 0.05) is 24.6 Å². The van der Waals surface area contributed by atoms with Crippen LogP contribution in [0.3, 0.4) is 0 Å². The largest absolute Gasteiger partial charge is 0.508 e. The minimum absolute atomic E-state index is 0.0385. The van der Waals surface area contributed by atoms with E-state index in [9.17, 15) is 34.8 Å². The molecule has 3 aliphatic carbocycles. The van der Waals surface area contributed by atoms with Crippen LogP contribution in [0.1, 0.15) is 37.0 Å². The minimum Gasteiger partial charge on any atom is -0.508 e. The number of Topliss-reactive ketones (excluding diaryl/α,β-unsaturated/α-hetero) is 2. The molecule has 1 aromatic rings. The van der Waals surface area contributed by atoms with E-state index in [1.54, 1.807) is 20.2 Å². The summed E-state index contributed by atoms with van der Waals surface area (Å²) in [5, 5.41) is 48.8. The van der Waals surface area contributed by atoms with Gasteiger partial charge in [0.1, 0.15) is 29.4 Å². The average molecular weight is 557 g/mol. The highest BCUT2D eigenvalue weighted by Gasteiger charge is 2.64. The summed E-state index contributed by atoms with van der Waals surface area (Å²) in [6.45, 7) is 5.07. The molecule has 1 saturated carbocycles. The standard InChI is InChI=1S/C28H36N4O8/c1-6-40-30-13(2)11-32(5)12-14-7-8-18(33)20-16(14)9-15-10-17-22(31(3)4)24(35)21(27(29)38)26(37)28(17,39)25(36)19(15)23(20)34/h7-8,15,17,22,33-34,37,39H,6,9-12H2,1-5H3,(H2,29,38)/b30-13+/t15?,17?,22-,28-/m0/s1. The molecule has 12 nitrogen and oxygen atoms in total. The summed E-state index contributed by atoms with van der Waals surface area (Å²) in [4.78, 5) is 47.8. The van der Waals surface area contributed by atoms with E-state index in [0.717, 1.165) is 11.3 Å². The van der Waals surface area contributed by atoms with Gasteiger partial charge in [0.2, 0.25) is 5.78 Å². The molecule has 1 fully saturated rings. The van der Waals surface area contributed by atoms with Crippen LogP contribution in [0.5, 0.6) is 5.75 Å². The molecule has 0 aromatic heterocycles. The first-order valence-corrected chi connectivity index (χ1v) is 13.1. The van der Waals surface area contributed by atoms with Gasteiger partial charge in [-0.1, -0.05) is 11.2 Å². The van der Waals surface area contributed by atoms with Gasteiger partial charge in [-0.05, 0) is 70.9 Å². The van der Waals surface area contributed by atoms with Crippen molar-refractivity contribution in [1.29, 1.82) is 0 Å². The summed E-state index contributed by atoms with van der Waals surface area (Å²) in [6, 6.07) is 2.05. The smallest absolute Gasteiger partial charge is 0.255 e. The summed E-state index contributed by atoms with van der Waals surface area (Å²) < 4.78 is 0. The number of carbonyl (C=O) groups excluding carboxylic acids is 3. The lowest BCUT2D eigenvalue weighted by molar-refractivity contribution is -0.153. The van der Waals surface area contributed by atoms with Gasteiger partial charge in [0.25, 0.3) is 5.91 Å². The first kappa shape index (κ1) is 29.2. The van der Waals surface area contributed by atoms with Crippen molar-refractivity contribution < 1.29 is 39.6 Å². The molecule has 4 atom stereocenters. The Morgan fingerprint density at radius 1 is 1.20 bits per heavy atom. The zero-order valence-corrected chi connectivity index (χ0v) is 23.3. The fourth-order valence-corrected chi connectivity index (χ4v) is 6.40. The molecule has 40 heavy (non-hydrogen) atoms. The van der Waals surface area contributed by atoms with Gasteiger partial charge in [-0.25, -0.2) is 0 Å². The predicted octanol–water partition coefficient (Wildman–Crippen LogP) is 0.808. The molecule has 216 valence electrons. The van der Waals surface area contributed by atoms with Gasteiger partial charge in [-0.2, -0.15) is 0 Å². The van der Waals surface area contributed by atoms with E-state index in [-0.39, 0.29) is 29.7 Å². The molecule has 0 bridgehead atoms. The monoisotopic (exact) mass is 556 g/mol. The molecular weight excluding hydrogens is 520 g/mol. The highest BCUT2D eigenvalue weighted by Crippen LogP contribution is 2.53. The average Bonchev–Trinajstić information content (AvgIpc) is 2.86. The molecular formula is C28H36N4O8. The number of aliphatic hydroxyl groups is 3. The second-order valence-corrected chi connectivity index (χ2v) is 11.0. The molecule has 12 heteroatoms. The van der Waals surface area contributed by atoms with E-state index in [0.29, 0.717) is 25.3 Å². The maximum Gasteiger partial charge on any atom is 0.255 e. The van der Waals surface area contributed by atoms with Crippen molar-refractivity contribution in [3.63, 3.8) is 0 Å². The Balaban J connectivity index is 1.81. The number of primary amides is 1. The topological polar surface area (TPSA) is 186 Å². The minimum atomic E-state index is -2.66. The van der Waals surface area contributed by atoms with E-state index in [1.165, 1.54) is 11.0 Å². The fourth-order valence-electron chi connectivity index (χ4n) is 6.40. The van der Waals surface area contributed by atoms with Crippen LogP contribution >= 0.6 is 0 Å². The Morgan fingerprint density at radius 3 is 2.48 bits per heavy atom. The maximum absolute atomic E-state index is 13.9. The number of carbonyl (C=O) groups is 3. The molecule has 2 unspecified atom stereocenters. The van der Waals surface area contributed by atoms with Crippen LogP contribution < -0.4 is 5.73 Å². The predicted molar refractivity (Wildman–Crippen MR) is 145 cm³/mol. The molecule has 0 aliphatic heterocycles. The number of aliphatic hydroxyl groups excluding tert-OH is 2. The third kappa shape index (κ3) is 4.55. The fraction of sp³-hybridized carbons (Fsp3) is 0.500. The zero-order chi connectivity index (χ0) is 29.7. The van der Waals surface area contributed by atoms with Crippen LogP contribution in [0.25, 0.3) is 5.76 Å². The molecule has 0 saturated heterocycles. The number of benzene rings is 1. The second-order valence-electron chi connectivity index (χ2n) is 11.0. The zero-order valence-electron chi connectivity index (χ0n) is 23.3. The number of hydrogen-bond acceptors (Lipinski definition) is 11. The van der Waals surface area contributed by atoms with Gasteiger partial charge in [0.15, 0.2) is 11.4 Å². The lowest BCUT2D eigenvalue weighted by Crippen LogP contribution is -2.65. The number of aromatic hydroxyl groups is 1. The van der Waals surface area contributed by atoms with Crippen molar-refractivity contribution in [2.24, 2.45) is 22.7 Å². The number of phenols is 1. The van der Waals surface area contributed by atoms with Crippen molar-refractivity contribution in [3.8, 4) is 5.75 Å². The van der Waals surface area contributed by atoms with E-state index in [1.807, 2.05) is 25.8 Å². The quantitative estimate of drug-likeness (QED) is 0.174. The first-order valence-electron chi connectivity index (χ1n) is 13.1. The summed E-state index contributed by atoms with van der Waals surface area (Å²) >= 11 is 0. The lowest BCUT2D eigenvalue weighted by atomic mass is 9.57. The number of amides is 1. The van der Waals surface area contributed by atoms with Crippen LogP contribution in [0.15, 0.2) is 34.2 Å². The molecule has 1 aromatic carbocycles. The summed E-state index contributed by atoms with van der Waals surface area (Å²) in [7, 11) is 5.02. The summed E-state index contributed by atoms with van der Waals surface area (Å²) in [6.07, 6.45) is 0.273. The molecule has 6 N–H and O–H groups in total. The van der Waals surface area contributed by atoms with Crippen molar-refractivity contribution in [2.45, 2.75) is 44.9 Å². The summed E-state index contributed by atoms with van der Waals surface area (Å²) in [5.74, 6) is -6.69. The Morgan fingerprint density at radius 2 is 1.88 bits per heavy atom. The van der Waals surface area contributed by atoms with Gasteiger partial charge < -0.3 is 31.0 Å². The van der Waals surface area contributed by atoms with Gasteiger partial charge >= 0.3 is 0 Å². The highest BCUT2D eigenvalue weighted by molar-refractivity contribution is 6.24. The first-order chi connectivity index (χ1) is 18.7. The lowest BCUT2D eigenvalue weighted by Gasteiger charge is -2.50. The van der Waals surface area contributed by atoms with E-state index >= 15 is 0 Å². The van der Waals surface area contributed by atoms with Crippen LogP contribution in [0.4, 0.5) is 0 Å². The molecule has 3 aliphatic rings. The Hall–Kier alpha value is -3.74. The number of oxime groups is 1. The van der Waals surface area contributed by atoms with Gasteiger partial charge in [-0.3, -0.25) is 24.2 Å². The Bertz CT molecular complexity index is 1360. The molecule has 4 rings (SSSR count). The number of rotatable bonds is 8. The molecule has 1 amide bonds. The van der Waals surface area contributed by atoms with E-state index in [2.05, 4.69) is 5.16 Å². The van der Waals surface area contributed by atoms with Crippen LogP contribution in [0.2, 0.25) is 0 Å². The highest BCUT2D eigenvalue weighted by atomic mass is 16.6. The number of nitrogens with two attached hydrogens (primary N) is 1. The van der Waals surface area contributed by atoms with E-state index < -0.39 is 58.0 Å². The van der Waals surface area contributed by atoms with Crippen molar-refractivity contribution in [1.82, 2.24) is 9.80 Å². The molecule has 0 spiro atoms. The number of phenolic OH excluding ortho intramolecular Hbond substituents is 1. The van der Waals surface area contributed by atoms with Crippen molar-refractivity contribution >= 4 is 28.9 Å². The Labute approximate surface area is 232 Å². The normalized spacial score (nSPS) is 26.7. The Kier molecular flexibility index (Phi) is 7.81. The maximum atomic E-state index is 13.9. The van der Waals surface area contributed by atoms with Crippen LogP contribution in [-0.2, 0) is 32.2 Å². The molecule has 0 radical (unpaired) electrons.